The predicted molar refractivity (Wildman–Crippen MR) is 102 cm³/mol. The van der Waals surface area contributed by atoms with Crippen molar-refractivity contribution in [1.82, 2.24) is 19.5 Å². The SMILES string of the molecule is S=C(OCCCCCn1cnc2c(=S)nc[nH]c21)Oc1ccccc1. The molecule has 0 atom stereocenters. The Labute approximate surface area is 155 Å². The van der Waals surface area contributed by atoms with Crippen LogP contribution in [0.5, 0.6) is 5.75 Å². The summed E-state index contributed by atoms with van der Waals surface area (Å²) in [5.74, 6) is 0.686. The number of imidazole rings is 1. The number of aromatic amines is 1. The summed E-state index contributed by atoms with van der Waals surface area (Å²) in [5.41, 5.74) is 1.65. The van der Waals surface area contributed by atoms with Gasteiger partial charge in [-0.25, -0.2) is 9.97 Å². The summed E-state index contributed by atoms with van der Waals surface area (Å²) in [6.07, 6.45) is 6.31. The number of nitrogens with zero attached hydrogens (tertiary/aromatic N) is 3. The van der Waals surface area contributed by atoms with E-state index in [1.54, 1.807) is 12.7 Å². The van der Waals surface area contributed by atoms with Crippen LogP contribution < -0.4 is 4.74 Å². The van der Waals surface area contributed by atoms with Crippen molar-refractivity contribution in [2.75, 3.05) is 6.61 Å². The van der Waals surface area contributed by atoms with Gasteiger partial charge in [0.2, 0.25) is 0 Å². The number of nitrogens with one attached hydrogen (secondary N) is 1. The minimum Gasteiger partial charge on any atom is -0.457 e. The zero-order valence-electron chi connectivity index (χ0n) is 13.6. The second-order valence-electron chi connectivity index (χ2n) is 5.42. The van der Waals surface area contributed by atoms with E-state index in [0.717, 1.165) is 37.0 Å². The van der Waals surface area contributed by atoms with Gasteiger partial charge in [-0.3, -0.25) is 0 Å². The first-order valence-electron chi connectivity index (χ1n) is 8.02. The topological polar surface area (TPSA) is 65.0 Å². The molecule has 1 aromatic carbocycles. The summed E-state index contributed by atoms with van der Waals surface area (Å²) in [5, 5.41) is 0.159. The number of thiocarbonyl (C=S) groups is 1. The van der Waals surface area contributed by atoms with E-state index in [1.807, 2.05) is 30.3 Å². The van der Waals surface area contributed by atoms with Crippen LogP contribution >= 0.6 is 24.4 Å². The number of para-hydroxylation sites is 1. The van der Waals surface area contributed by atoms with Gasteiger partial charge in [0.15, 0.2) is 4.64 Å². The molecule has 3 aromatic rings. The van der Waals surface area contributed by atoms with Gasteiger partial charge < -0.3 is 19.0 Å². The number of unbranched alkanes of at least 4 members (excludes halogenated alkanes) is 2. The van der Waals surface area contributed by atoms with Crippen molar-refractivity contribution in [2.24, 2.45) is 0 Å². The molecule has 0 bridgehead atoms. The second-order valence-corrected chi connectivity index (χ2v) is 6.14. The molecule has 2 aromatic heterocycles. The third-order valence-electron chi connectivity index (χ3n) is 3.63. The molecular formula is C17H18N4O2S2. The standard InChI is InChI=1S/C17H18N4O2S2/c24-16-14-15(18-11-19-16)21(12-20-14)9-5-2-6-10-22-17(25)23-13-7-3-1-4-8-13/h1,3-4,7-8,11-12H,2,5-6,9-10H2,(H,18,19,24). The van der Waals surface area contributed by atoms with Gasteiger partial charge in [0.1, 0.15) is 16.9 Å². The maximum absolute atomic E-state index is 5.43. The normalized spacial score (nSPS) is 10.7. The van der Waals surface area contributed by atoms with E-state index < -0.39 is 0 Å². The maximum Gasteiger partial charge on any atom is 0.357 e. The monoisotopic (exact) mass is 374 g/mol. The second kappa shape index (κ2) is 8.68. The Morgan fingerprint density at radius 3 is 2.80 bits per heavy atom. The molecule has 0 saturated carbocycles. The number of hydrogen-bond donors (Lipinski definition) is 1. The lowest BCUT2D eigenvalue weighted by Crippen LogP contribution is -2.11. The summed E-state index contributed by atoms with van der Waals surface area (Å²) in [7, 11) is 0. The lowest BCUT2D eigenvalue weighted by atomic mass is 10.2. The van der Waals surface area contributed by atoms with Gasteiger partial charge in [-0.1, -0.05) is 30.4 Å². The smallest absolute Gasteiger partial charge is 0.357 e. The molecule has 0 spiro atoms. The van der Waals surface area contributed by atoms with E-state index >= 15 is 0 Å². The molecular weight excluding hydrogens is 356 g/mol. The van der Waals surface area contributed by atoms with Gasteiger partial charge >= 0.3 is 5.24 Å². The maximum atomic E-state index is 5.43. The van der Waals surface area contributed by atoms with Crippen molar-refractivity contribution in [3.63, 3.8) is 0 Å². The van der Waals surface area contributed by atoms with Crippen LogP contribution in [0.3, 0.4) is 0 Å². The number of hydrogen-bond acceptors (Lipinski definition) is 6. The summed E-state index contributed by atoms with van der Waals surface area (Å²) in [4.78, 5) is 11.4. The minimum atomic E-state index is 0.159. The number of fused-ring (bicyclic) bond motifs is 1. The fourth-order valence-corrected chi connectivity index (χ4v) is 2.79. The summed E-state index contributed by atoms with van der Waals surface area (Å²) in [6, 6.07) is 9.38. The Bertz CT molecular complexity index is 892. The first kappa shape index (κ1) is 17.5. The summed E-state index contributed by atoms with van der Waals surface area (Å²) < 4.78 is 13.4. The average Bonchev–Trinajstić information content (AvgIpc) is 3.03. The van der Waals surface area contributed by atoms with Crippen molar-refractivity contribution < 1.29 is 9.47 Å². The number of H-pyrrole nitrogens is 1. The van der Waals surface area contributed by atoms with Crippen LogP contribution in [0.15, 0.2) is 43.0 Å². The van der Waals surface area contributed by atoms with E-state index in [4.69, 9.17) is 33.9 Å². The van der Waals surface area contributed by atoms with Crippen molar-refractivity contribution in [3.8, 4) is 5.75 Å². The fraction of sp³-hybridized carbons (Fsp3) is 0.294. The molecule has 0 radical (unpaired) electrons. The Hall–Kier alpha value is -2.32. The van der Waals surface area contributed by atoms with Crippen molar-refractivity contribution in [2.45, 2.75) is 25.8 Å². The van der Waals surface area contributed by atoms with Gasteiger partial charge in [0.05, 0.1) is 19.3 Å². The number of benzene rings is 1. The number of rotatable bonds is 7. The lowest BCUT2D eigenvalue weighted by molar-refractivity contribution is 0.240. The molecule has 0 unspecified atom stereocenters. The molecule has 0 aliphatic carbocycles. The van der Waals surface area contributed by atoms with Crippen molar-refractivity contribution >= 4 is 40.8 Å². The van der Waals surface area contributed by atoms with Crippen molar-refractivity contribution in [3.05, 3.63) is 47.6 Å². The first-order chi connectivity index (χ1) is 12.2. The quantitative estimate of drug-likeness (QED) is 0.497. The predicted octanol–water partition coefficient (Wildman–Crippen LogP) is 4.04. The Balaban J connectivity index is 1.35. The molecule has 8 heteroatoms. The lowest BCUT2D eigenvalue weighted by Gasteiger charge is -2.08. The molecule has 0 aliphatic rings. The van der Waals surface area contributed by atoms with E-state index in [0.29, 0.717) is 17.0 Å². The van der Waals surface area contributed by atoms with Gasteiger partial charge in [-0.15, -0.1) is 0 Å². The number of aromatic nitrogens is 4. The highest BCUT2D eigenvalue weighted by molar-refractivity contribution is 7.79. The van der Waals surface area contributed by atoms with Crippen LogP contribution in [0.4, 0.5) is 0 Å². The highest BCUT2D eigenvalue weighted by atomic mass is 32.1. The minimum absolute atomic E-state index is 0.159. The molecule has 130 valence electrons. The Morgan fingerprint density at radius 2 is 1.96 bits per heavy atom. The molecule has 2 heterocycles. The van der Waals surface area contributed by atoms with E-state index in [2.05, 4.69) is 19.5 Å². The number of aryl methyl sites for hydroxylation is 1. The van der Waals surface area contributed by atoms with Gasteiger partial charge in [-0.05, 0) is 31.4 Å². The molecule has 1 N–H and O–H groups in total. The summed E-state index contributed by atoms with van der Waals surface area (Å²) in [6.45, 7) is 1.40. The van der Waals surface area contributed by atoms with Crippen LogP contribution in [0.2, 0.25) is 0 Å². The van der Waals surface area contributed by atoms with Crippen LogP contribution in [0.1, 0.15) is 19.3 Å². The van der Waals surface area contributed by atoms with E-state index in [-0.39, 0.29) is 5.24 Å². The van der Waals surface area contributed by atoms with Crippen molar-refractivity contribution in [1.29, 1.82) is 0 Å². The van der Waals surface area contributed by atoms with Crippen LogP contribution in [-0.2, 0) is 11.3 Å². The van der Waals surface area contributed by atoms with Crippen LogP contribution in [0.25, 0.3) is 11.2 Å². The number of ether oxygens (including phenoxy) is 2. The largest absolute Gasteiger partial charge is 0.457 e. The molecule has 0 amide bonds. The molecule has 3 rings (SSSR count). The first-order valence-corrected chi connectivity index (χ1v) is 8.84. The fourth-order valence-electron chi connectivity index (χ4n) is 2.40. The van der Waals surface area contributed by atoms with E-state index in [1.165, 1.54) is 0 Å². The Kier molecular flexibility index (Phi) is 6.08. The van der Waals surface area contributed by atoms with Gasteiger partial charge in [-0.2, -0.15) is 0 Å². The van der Waals surface area contributed by atoms with Gasteiger partial charge in [0.25, 0.3) is 0 Å². The molecule has 6 nitrogen and oxygen atoms in total. The third-order valence-corrected chi connectivity index (χ3v) is 4.13. The van der Waals surface area contributed by atoms with Gasteiger partial charge in [0, 0.05) is 18.8 Å². The van der Waals surface area contributed by atoms with Crippen LogP contribution in [-0.4, -0.2) is 31.4 Å². The molecule has 0 aliphatic heterocycles. The van der Waals surface area contributed by atoms with E-state index in [9.17, 15) is 0 Å². The third kappa shape index (κ3) is 4.83. The molecule has 0 saturated heterocycles. The molecule has 0 fully saturated rings. The van der Waals surface area contributed by atoms with Crippen LogP contribution in [0, 0.1) is 4.64 Å². The zero-order valence-corrected chi connectivity index (χ0v) is 15.2. The molecule has 25 heavy (non-hydrogen) atoms. The highest BCUT2D eigenvalue weighted by Gasteiger charge is 2.05. The zero-order chi connectivity index (χ0) is 17.5. The average molecular weight is 374 g/mol. The summed E-state index contributed by atoms with van der Waals surface area (Å²) >= 11 is 10.2. The highest BCUT2D eigenvalue weighted by Crippen LogP contribution is 2.12. The Morgan fingerprint density at radius 1 is 1.12 bits per heavy atom.